The minimum atomic E-state index is -1.06. The molecular weight excluding hydrogens is 422 g/mol. The number of halogens is 3. The van der Waals surface area contributed by atoms with Gasteiger partial charge in [-0.05, 0) is 13.0 Å². The molecule has 0 fully saturated rings. The zero-order valence-corrected chi connectivity index (χ0v) is 16.1. The van der Waals surface area contributed by atoms with E-state index < -0.39 is 23.4 Å². The normalized spacial score (nSPS) is 11.4. The number of nitrogens with zero attached hydrogens (tertiary/aromatic N) is 2. The fraction of sp³-hybridized carbons (Fsp3) is 0.111. The maximum absolute atomic E-state index is 14.5. The summed E-state index contributed by atoms with van der Waals surface area (Å²) >= 11 is 6.06. The van der Waals surface area contributed by atoms with E-state index in [0.29, 0.717) is 11.0 Å². The molecule has 3 rings (SSSR count). The maximum atomic E-state index is 14.5. The van der Waals surface area contributed by atoms with Crippen LogP contribution >= 0.6 is 11.6 Å². The molecule has 3 aromatic rings. The molecule has 9 nitrogen and oxygen atoms in total. The van der Waals surface area contributed by atoms with Crippen molar-refractivity contribution < 1.29 is 23.5 Å². The number of hydrogen-bond donors (Lipinski definition) is 5. The Hall–Kier alpha value is -3.73. The van der Waals surface area contributed by atoms with Crippen LogP contribution in [0.25, 0.3) is 11.0 Å². The van der Waals surface area contributed by atoms with Gasteiger partial charge in [0.25, 0.3) is 0 Å². The predicted octanol–water partition coefficient (Wildman–Crippen LogP) is 4.28. The summed E-state index contributed by atoms with van der Waals surface area (Å²) < 4.78 is 34.3. The van der Waals surface area contributed by atoms with E-state index in [9.17, 15) is 13.6 Å². The van der Waals surface area contributed by atoms with E-state index in [1.807, 2.05) is 0 Å². The number of amides is 2. The van der Waals surface area contributed by atoms with Gasteiger partial charge in [0.05, 0.1) is 22.7 Å². The quantitative estimate of drug-likeness (QED) is 0.224. The molecule has 0 radical (unpaired) electrons. The van der Waals surface area contributed by atoms with Crippen molar-refractivity contribution in [3.63, 3.8) is 0 Å². The molecule has 30 heavy (non-hydrogen) atoms. The smallest absolute Gasteiger partial charge is 0.319 e. The van der Waals surface area contributed by atoms with Crippen LogP contribution in [0.3, 0.4) is 0 Å². The summed E-state index contributed by atoms with van der Waals surface area (Å²) in [6.07, 6.45) is 2.86. The third-order valence-electron chi connectivity index (χ3n) is 3.93. The molecule has 12 heteroatoms. The van der Waals surface area contributed by atoms with E-state index in [0.717, 1.165) is 12.1 Å². The van der Waals surface area contributed by atoms with Crippen molar-refractivity contribution >= 4 is 45.8 Å². The lowest BCUT2D eigenvalue weighted by atomic mass is 10.2. The Morgan fingerprint density at radius 2 is 2.10 bits per heavy atom. The lowest BCUT2D eigenvalue weighted by Crippen LogP contribution is -2.35. The highest BCUT2D eigenvalue weighted by atomic mass is 35.5. The van der Waals surface area contributed by atoms with Gasteiger partial charge >= 0.3 is 6.03 Å². The zero-order valence-electron chi connectivity index (χ0n) is 15.4. The van der Waals surface area contributed by atoms with Gasteiger partial charge in [-0.2, -0.15) is 0 Å². The standard InChI is InChI=1S/C18H15ClF2N6O3/c1-8(22)13(27-29)7-25-18(28)26-9-4-11(20)16(12(21)5-9)30-14-2-3-23-17-15(14)10(19)6-24-17/h2-6,22,29H,7H2,1H3,(H,23,24)(H2,25,26,28)/b22-8?,27-13-. The second-order valence-electron chi connectivity index (χ2n) is 6.02. The highest BCUT2D eigenvalue weighted by Gasteiger charge is 2.18. The molecule has 0 atom stereocenters. The molecule has 2 aromatic heterocycles. The molecule has 1 aromatic carbocycles. The minimum Gasteiger partial charge on any atom is -0.450 e. The Morgan fingerprint density at radius 1 is 1.40 bits per heavy atom. The number of nitrogens with one attached hydrogen (secondary N) is 4. The van der Waals surface area contributed by atoms with Gasteiger partial charge in [-0.1, -0.05) is 16.8 Å². The molecule has 156 valence electrons. The highest BCUT2D eigenvalue weighted by Crippen LogP contribution is 2.36. The molecule has 0 aliphatic carbocycles. The highest BCUT2D eigenvalue weighted by molar-refractivity contribution is 6.41. The monoisotopic (exact) mass is 436 g/mol. The van der Waals surface area contributed by atoms with E-state index >= 15 is 0 Å². The Bertz CT molecular complexity index is 1140. The van der Waals surface area contributed by atoms with Gasteiger partial charge in [0.1, 0.15) is 17.1 Å². The van der Waals surface area contributed by atoms with Crippen LogP contribution in [0.5, 0.6) is 11.5 Å². The fourth-order valence-electron chi connectivity index (χ4n) is 2.50. The SMILES string of the molecule is CC(=N)/C(CNC(=O)Nc1cc(F)c(Oc2ccnc3[nH]cc(Cl)c23)c(F)c1)=N\O. The molecular formula is C18H15ClF2N6O3. The zero-order chi connectivity index (χ0) is 21.8. The summed E-state index contributed by atoms with van der Waals surface area (Å²) in [6.45, 7) is 1.12. The van der Waals surface area contributed by atoms with Crippen LogP contribution in [0.2, 0.25) is 5.02 Å². The van der Waals surface area contributed by atoms with Crippen molar-refractivity contribution in [3.05, 3.63) is 47.2 Å². The van der Waals surface area contributed by atoms with E-state index in [2.05, 4.69) is 25.8 Å². The Kier molecular flexibility index (Phi) is 6.11. The largest absolute Gasteiger partial charge is 0.450 e. The first kappa shape index (κ1) is 21.0. The fourth-order valence-corrected chi connectivity index (χ4v) is 2.73. The van der Waals surface area contributed by atoms with Crippen molar-refractivity contribution in [2.75, 3.05) is 11.9 Å². The minimum absolute atomic E-state index is 0.0517. The summed E-state index contributed by atoms with van der Waals surface area (Å²) in [5.74, 6) is -2.70. The lowest BCUT2D eigenvalue weighted by molar-refractivity contribution is 0.253. The van der Waals surface area contributed by atoms with Gasteiger partial charge in [0.2, 0.25) is 0 Å². The number of oxime groups is 1. The van der Waals surface area contributed by atoms with Crippen molar-refractivity contribution in [2.45, 2.75) is 6.92 Å². The van der Waals surface area contributed by atoms with Gasteiger partial charge in [-0.3, -0.25) is 0 Å². The van der Waals surface area contributed by atoms with E-state index in [1.165, 1.54) is 25.4 Å². The van der Waals surface area contributed by atoms with Crippen molar-refractivity contribution in [3.8, 4) is 11.5 Å². The topological polar surface area (TPSA) is 135 Å². The third kappa shape index (κ3) is 4.46. The average molecular weight is 437 g/mol. The lowest BCUT2D eigenvalue weighted by Gasteiger charge is -2.12. The number of aromatic nitrogens is 2. The summed E-state index contributed by atoms with van der Waals surface area (Å²) in [5.41, 5.74) is 0.0881. The number of benzene rings is 1. The van der Waals surface area contributed by atoms with Gasteiger partial charge < -0.3 is 31.0 Å². The van der Waals surface area contributed by atoms with Crippen LogP contribution in [-0.2, 0) is 0 Å². The summed E-state index contributed by atoms with van der Waals surface area (Å²) in [4.78, 5) is 18.7. The molecule has 2 heterocycles. The Balaban J connectivity index is 1.76. The third-order valence-corrected chi connectivity index (χ3v) is 4.22. The van der Waals surface area contributed by atoms with Crippen LogP contribution in [0.4, 0.5) is 19.3 Å². The molecule has 0 saturated heterocycles. The number of ether oxygens (including phenoxy) is 1. The Labute approximate surface area is 173 Å². The van der Waals surface area contributed by atoms with Crippen molar-refractivity contribution in [2.24, 2.45) is 5.16 Å². The van der Waals surface area contributed by atoms with Crippen LogP contribution in [0.15, 0.2) is 35.7 Å². The first-order valence-corrected chi connectivity index (χ1v) is 8.77. The number of aromatic amines is 1. The number of fused-ring (bicyclic) bond motifs is 1. The average Bonchev–Trinajstić information content (AvgIpc) is 3.07. The van der Waals surface area contributed by atoms with Gasteiger partial charge in [-0.15, -0.1) is 0 Å². The number of H-pyrrole nitrogens is 1. The summed E-state index contributed by atoms with van der Waals surface area (Å²) in [7, 11) is 0. The number of anilines is 1. The van der Waals surface area contributed by atoms with Crippen molar-refractivity contribution in [1.29, 1.82) is 5.41 Å². The molecule has 0 aliphatic rings. The van der Waals surface area contributed by atoms with Crippen molar-refractivity contribution in [1.82, 2.24) is 15.3 Å². The molecule has 0 spiro atoms. The molecule has 0 bridgehead atoms. The van der Waals surface area contributed by atoms with Crippen LogP contribution < -0.4 is 15.4 Å². The van der Waals surface area contributed by atoms with E-state index in [4.69, 9.17) is 27.0 Å². The number of hydrogen-bond acceptors (Lipinski definition) is 6. The van der Waals surface area contributed by atoms with Crippen LogP contribution in [0, 0.1) is 17.0 Å². The number of urea groups is 1. The first-order chi connectivity index (χ1) is 14.3. The van der Waals surface area contributed by atoms with Gasteiger partial charge in [-0.25, -0.2) is 18.6 Å². The van der Waals surface area contributed by atoms with E-state index in [-0.39, 0.29) is 34.4 Å². The molecule has 2 amide bonds. The van der Waals surface area contributed by atoms with Crippen LogP contribution in [0.1, 0.15) is 6.92 Å². The summed E-state index contributed by atoms with van der Waals surface area (Å²) in [5, 5.41) is 24.1. The van der Waals surface area contributed by atoms with E-state index in [1.54, 1.807) is 0 Å². The number of rotatable bonds is 6. The number of pyridine rings is 1. The molecule has 0 saturated carbocycles. The molecule has 5 N–H and O–H groups in total. The number of carbonyl (C=O) groups excluding carboxylic acids is 1. The maximum Gasteiger partial charge on any atom is 0.319 e. The second kappa shape index (κ2) is 8.74. The molecule has 0 aliphatic heterocycles. The number of carbonyl (C=O) groups is 1. The van der Waals surface area contributed by atoms with Gasteiger partial charge in [0, 0.05) is 30.2 Å². The van der Waals surface area contributed by atoms with Crippen LogP contribution in [-0.4, -0.2) is 39.2 Å². The predicted molar refractivity (Wildman–Crippen MR) is 107 cm³/mol. The first-order valence-electron chi connectivity index (χ1n) is 8.40. The molecule has 0 unspecified atom stereocenters. The Morgan fingerprint density at radius 3 is 2.73 bits per heavy atom. The second-order valence-corrected chi connectivity index (χ2v) is 6.43. The van der Waals surface area contributed by atoms with Gasteiger partial charge in [0.15, 0.2) is 17.4 Å². The summed E-state index contributed by atoms with van der Waals surface area (Å²) in [6, 6.07) is 2.34.